The van der Waals surface area contributed by atoms with Gasteiger partial charge in [-0.1, -0.05) is 0 Å². The Kier molecular flexibility index (Phi) is 3.97. The number of halogens is 6. The lowest BCUT2D eigenvalue weighted by Crippen LogP contribution is -2.15. The molecule has 27 heavy (non-hydrogen) atoms. The minimum Gasteiger partial charge on any atom is -0.478 e. The first kappa shape index (κ1) is 18.4. The van der Waals surface area contributed by atoms with Gasteiger partial charge >= 0.3 is 18.3 Å². The summed E-state index contributed by atoms with van der Waals surface area (Å²) in [6.45, 7) is 0. The number of nitrogens with two attached hydrogens (primary N) is 1. The van der Waals surface area contributed by atoms with Crippen LogP contribution in [-0.2, 0) is 12.4 Å². The standard InChI is InChI=1S/C14H7F6N5O2/c15-13(16,17)7-2-8(25-9(7)11(21)23-4-24-25)5-1-6(12(26)27)10(22-3-5)14(18,19)20/h1-4H,(H,26,27)(H2,21,23,24). The molecule has 0 fully saturated rings. The Morgan fingerprint density at radius 3 is 2.30 bits per heavy atom. The molecule has 3 heterocycles. The van der Waals surface area contributed by atoms with Gasteiger partial charge in [-0.2, -0.15) is 31.4 Å². The van der Waals surface area contributed by atoms with Crippen molar-refractivity contribution in [1.29, 1.82) is 0 Å². The van der Waals surface area contributed by atoms with Crippen LogP contribution in [0.1, 0.15) is 21.6 Å². The SMILES string of the molecule is Nc1ncnn2c(-c3cnc(C(F)(F)F)c(C(=O)O)c3)cc(C(F)(F)F)c12. The molecule has 0 aliphatic carbocycles. The van der Waals surface area contributed by atoms with Crippen LogP contribution in [0.2, 0.25) is 0 Å². The zero-order chi connectivity index (χ0) is 20.1. The summed E-state index contributed by atoms with van der Waals surface area (Å²) in [6.07, 6.45) is -8.47. The fraction of sp³-hybridized carbons (Fsp3) is 0.143. The molecule has 7 nitrogen and oxygen atoms in total. The molecule has 142 valence electrons. The molecule has 3 rings (SSSR count). The zero-order valence-electron chi connectivity index (χ0n) is 12.8. The van der Waals surface area contributed by atoms with Crippen LogP contribution in [-0.4, -0.2) is 30.7 Å². The lowest BCUT2D eigenvalue weighted by atomic mass is 10.1. The van der Waals surface area contributed by atoms with E-state index in [2.05, 4.69) is 15.1 Å². The molecule has 3 aromatic rings. The number of pyridine rings is 1. The molecule has 0 spiro atoms. The van der Waals surface area contributed by atoms with Crippen molar-refractivity contribution >= 4 is 17.3 Å². The van der Waals surface area contributed by atoms with Gasteiger partial charge in [-0.25, -0.2) is 14.3 Å². The molecule has 0 aliphatic rings. The minimum atomic E-state index is -5.06. The Balaban J connectivity index is 2.33. The number of carboxylic acid groups (broad SMARTS) is 1. The van der Waals surface area contributed by atoms with Gasteiger partial charge in [0.05, 0.1) is 16.8 Å². The van der Waals surface area contributed by atoms with E-state index in [-0.39, 0.29) is 11.3 Å². The molecule has 0 bridgehead atoms. The second-order valence-corrected chi connectivity index (χ2v) is 5.27. The van der Waals surface area contributed by atoms with Crippen molar-refractivity contribution in [3.05, 3.63) is 41.5 Å². The lowest BCUT2D eigenvalue weighted by molar-refractivity contribution is -0.141. The van der Waals surface area contributed by atoms with Crippen molar-refractivity contribution in [1.82, 2.24) is 19.6 Å². The maximum Gasteiger partial charge on any atom is 0.434 e. The number of aromatic carboxylic acids is 1. The Hall–Kier alpha value is -3.38. The second kappa shape index (κ2) is 5.82. The molecule has 0 unspecified atom stereocenters. The van der Waals surface area contributed by atoms with E-state index in [1.807, 2.05) is 0 Å². The number of nitrogen functional groups attached to an aromatic ring is 1. The highest BCUT2D eigenvalue weighted by atomic mass is 19.4. The number of anilines is 1. The van der Waals surface area contributed by atoms with Gasteiger partial charge in [-0.05, 0) is 12.1 Å². The van der Waals surface area contributed by atoms with Crippen LogP contribution in [0.3, 0.4) is 0 Å². The highest BCUT2D eigenvalue weighted by Gasteiger charge is 2.39. The van der Waals surface area contributed by atoms with Crippen molar-refractivity contribution in [2.24, 2.45) is 0 Å². The van der Waals surface area contributed by atoms with Crippen molar-refractivity contribution < 1.29 is 36.2 Å². The maximum atomic E-state index is 13.3. The van der Waals surface area contributed by atoms with Gasteiger partial charge in [0.25, 0.3) is 0 Å². The predicted octanol–water partition coefficient (Wildman–Crippen LogP) is 3.11. The van der Waals surface area contributed by atoms with E-state index in [1.54, 1.807) is 0 Å². The van der Waals surface area contributed by atoms with Gasteiger partial charge < -0.3 is 10.8 Å². The largest absolute Gasteiger partial charge is 0.478 e. The van der Waals surface area contributed by atoms with Crippen molar-refractivity contribution in [3.63, 3.8) is 0 Å². The summed E-state index contributed by atoms with van der Waals surface area (Å²) in [4.78, 5) is 17.7. The van der Waals surface area contributed by atoms with Crippen molar-refractivity contribution in [3.8, 4) is 11.3 Å². The number of fused-ring (bicyclic) bond motifs is 1. The van der Waals surface area contributed by atoms with Crippen LogP contribution in [0.4, 0.5) is 32.2 Å². The van der Waals surface area contributed by atoms with E-state index in [4.69, 9.17) is 10.8 Å². The number of aromatic nitrogens is 4. The van der Waals surface area contributed by atoms with E-state index in [0.717, 1.165) is 6.33 Å². The van der Waals surface area contributed by atoms with Gasteiger partial charge in [0, 0.05) is 11.8 Å². The quantitative estimate of drug-likeness (QED) is 0.651. The average molecular weight is 391 g/mol. The summed E-state index contributed by atoms with van der Waals surface area (Å²) >= 11 is 0. The Morgan fingerprint density at radius 1 is 1.07 bits per heavy atom. The Labute approximate surface area is 145 Å². The van der Waals surface area contributed by atoms with E-state index >= 15 is 0 Å². The molecule has 0 saturated carbocycles. The fourth-order valence-corrected chi connectivity index (χ4v) is 2.48. The number of hydrogen-bond donors (Lipinski definition) is 2. The Bertz CT molecular complexity index is 1060. The molecule has 0 aromatic carbocycles. The van der Waals surface area contributed by atoms with E-state index < -0.39 is 46.5 Å². The topological polar surface area (TPSA) is 106 Å². The third kappa shape index (κ3) is 3.11. The van der Waals surface area contributed by atoms with Gasteiger partial charge in [0.1, 0.15) is 11.8 Å². The third-order valence-corrected chi connectivity index (χ3v) is 3.57. The van der Waals surface area contributed by atoms with Crippen LogP contribution >= 0.6 is 0 Å². The molecule has 13 heteroatoms. The lowest BCUT2D eigenvalue weighted by Gasteiger charge is -2.10. The Morgan fingerprint density at radius 2 is 1.74 bits per heavy atom. The van der Waals surface area contributed by atoms with Crippen LogP contribution in [0.5, 0.6) is 0 Å². The molecule has 0 saturated heterocycles. The van der Waals surface area contributed by atoms with E-state index in [1.165, 1.54) is 0 Å². The first-order valence-electron chi connectivity index (χ1n) is 6.91. The molecule has 3 N–H and O–H groups in total. The number of carbonyl (C=O) groups is 1. The number of nitrogens with zero attached hydrogens (tertiary/aromatic N) is 4. The minimum absolute atomic E-state index is 0.330. The van der Waals surface area contributed by atoms with Crippen LogP contribution in [0, 0.1) is 0 Å². The summed E-state index contributed by atoms with van der Waals surface area (Å²) in [5, 5.41) is 12.6. The summed E-state index contributed by atoms with van der Waals surface area (Å²) in [5.74, 6) is -2.45. The number of rotatable bonds is 2. The number of hydrogen-bond acceptors (Lipinski definition) is 5. The monoisotopic (exact) mass is 391 g/mol. The number of carboxylic acids is 1. The normalized spacial score (nSPS) is 12.5. The highest BCUT2D eigenvalue weighted by molar-refractivity contribution is 5.91. The summed E-state index contributed by atoms with van der Waals surface area (Å²) in [7, 11) is 0. The van der Waals surface area contributed by atoms with Gasteiger partial charge in [0.2, 0.25) is 0 Å². The van der Waals surface area contributed by atoms with Crippen LogP contribution < -0.4 is 5.73 Å². The summed E-state index contributed by atoms with van der Waals surface area (Å²) < 4.78 is 79.2. The molecule has 0 atom stereocenters. The third-order valence-electron chi connectivity index (χ3n) is 3.57. The maximum absolute atomic E-state index is 13.3. The van der Waals surface area contributed by atoms with Crippen molar-refractivity contribution in [2.75, 3.05) is 5.73 Å². The van der Waals surface area contributed by atoms with Crippen molar-refractivity contribution in [2.45, 2.75) is 12.4 Å². The van der Waals surface area contributed by atoms with Gasteiger partial charge in [-0.3, -0.25) is 4.98 Å². The molecule has 3 aromatic heterocycles. The molecular formula is C14H7F6N5O2. The van der Waals surface area contributed by atoms with Crippen LogP contribution in [0.25, 0.3) is 16.8 Å². The van der Waals surface area contributed by atoms with Gasteiger partial charge in [-0.15, -0.1) is 0 Å². The molecule has 0 radical (unpaired) electrons. The smallest absolute Gasteiger partial charge is 0.434 e. The van der Waals surface area contributed by atoms with E-state index in [9.17, 15) is 31.1 Å². The fourth-order valence-electron chi connectivity index (χ4n) is 2.48. The van der Waals surface area contributed by atoms with Gasteiger partial charge in [0.15, 0.2) is 11.5 Å². The first-order chi connectivity index (χ1) is 12.4. The van der Waals surface area contributed by atoms with E-state index in [0.29, 0.717) is 22.8 Å². The highest BCUT2D eigenvalue weighted by Crippen LogP contribution is 2.39. The average Bonchev–Trinajstić information content (AvgIpc) is 2.94. The molecule has 0 aliphatic heterocycles. The molecular weight excluding hydrogens is 384 g/mol. The number of alkyl halides is 6. The zero-order valence-corrected chi connectivity index (χ0v) is 12.8. The second-order valence-electron chi connectivity index (χ2n) is 5.27. The predicted molar refractivity (Wildman–Crippen MR) is 77.6 cm³/mol. The summed E-state index contributed by atoms with van der Waals surface area (Å²) in [6, 6.07) is 1.15. The molecule has 0 amide bonds. The van der Waals surface area contributed by atoms with Crippen LogP contribution in [0.15, 0.2) is 24.7 Å². The summed E-state index contributed by atoms with van der Waals surface area (Å²) in [5.41, 5.74) is 0.0561. The first-order valence-corrected chi connectivity index (χ1v) is 6.91.